The van der Waals surface area contributed by atoms with Gasteiger partial charge in [0.15, 0.2) is 0 Å². The van der Waals surface area contributed by atoms with Crippen LogP contribution in [0, 0.1) is 0 Å². The Hall–Kier alpha value is -2.05. The van der Waals surface area contributed by atoms with E-state index in [9.17, 15) is 4.79 Å². The zero-order valence-corrected chi connectivity index (χ0v) is 16.5. The molecule has 2 aliphatic heterocycles. The quantitative estimate of drug-likeness (QED) is 0.802. The second kappa shape index (κ2) is 8.76. The summed E-state index contributed by atoms with van der Waals surface area (Å²) >= 11 is 1.78. The molecule has 144 valence electrons. The van der Waals surface area contributed by atoms with E-state index in [2.05, 4.69) is 62.2 Å². The van der Waals surface area contributed by atoms with E-state index in [0.717, 1.165) is 32.6 Å². The zero-order chi connectivity index (χ0) is 18.5. The molecule has 2 aromatic rings. The van der Waals surface area contributed by atoms with Gasteiger partial charge >= 0.3 is 6.03 Å². The van der Waals surface area contributed by atoms with Crippen LogP contribution in [0.25, 0.3) is 0 Å². The van der Waals surface area contributed by atoms with E-state index in [1.165, 1.54) is 23.4 Å². The molecule has 2 unspecified atom stereocenters. The molecular formula is C21H28N4OS. The van der Waals surface area contributed by atoms with Crippen LogP contribution in [0.1, 0.15) is 30.2 Å². The van der Waals surface area contributed by atoms with E-state index in [0.29, 0.717) is 12.6 Å². The summed E-state index contributed by atoms with van der Waals surface area (Å²) in [6, 6.07) is 15.1. The summed E-state index contributed by atoms with van der Waals surface area (Å²) in [5.74, 6) is 0. The molecule has 2 fully saturated rings. The van der Waals surface area contributed by atoms with Gasteiger partial charge in [0.2, 0.25) is 0 Å². The number of thiophene rings is 1. The zero-order valence-electron chi connectivity index (χ0n) is 15.6. The Labute approximate surface area is 165 Å². The number of para-hydroxylation sites is 1. The number of hydrogen-bond donors (Lipinski definition) is 2. The predicted octanol–water partition coefficient (Wildman–Crippen LogP) is 3.46. The van der Waals surface area contributed by atoms with Crippen molar-refractivity contribution in [2.75, 3.05) is 37.6 Å². The van der Waals surface area contributed by atoms with Crippen molar-refractivity contribution in [1.29, 1.82) is 0 Å². The highest BCUT2D eigenvalue weighted by atomic mass is 32.1. The number of nitrogens with one attached hydrogen (secondary N) is 2. The molecule has 1 aromatic carbocycles. The maximum Gasteiger partial charge on any atom is 0.315 e. The third kappa shape index (κ3) is 4.62. The molecular weight excluding hydrogens is 356 g/mol. The van der Waals surface area contributed by atoms with Gasteiger partial charge in [0.05, 0.1) is 6.04 Å². The van der Waals surface area contributed by atoms with Crippen LogP contribution >= 0.6 is 11.3 Å². The fourth-order valence-electron chi connectivity index (χ4n) is 4.12. The number of carbonyl (C=O) groups excluding carboxylic acids is 1. The predicted molar refractivity (Wildman–Crippen MR) is 111 cm³/mol. The van der Waals surface area contributed by atoms with Gasteiger partial charge < -0.3 is 15.5 Å². The molecule has 2 N–H and O–H groups in total. The first-order chi connectivity index (χ1) is 13.3. The minimum Gasteiger partial charge on any atom is -0.369 e. The molecule has 2 aliphatic rings. The van der Waals surface area contributed by atoms with Gasteiger partial charge in [-0.15, -0.1) is 11.3 Å². The van der Waals surface area contributed by atoms with E-state index in [-0.39, 0.29) is 12.1 Å². The molecule has 0 bridgehead atoms. The fourth-order valence-corrected chi connectivity index (χ4v) is 4.98. The summed E-state index contributed by atoms with van der Waals surface area (Å²) in [4.78, 5) is 18.7. The number of carbonyl (C=O) groups is 1. The second-order valence-electron chi connectivity index (χ2n) is 7.40. The first-order valence-electron chi connectivity index (χ1n) is 9.91. The maximum absolute atomic E-state index is 12.5. The van der Waals surface area contributed by atoms with Crippen LogP contribution in [-0.4, -0.2) is 49.7 Å². The first-order valence-corrected chi connectivity index (χ1v) is 10.8. The smallest absolute Gasteiger partial charge is 0.315 e. The monoisotopic (exact) mass is 384 g/mol. The normalized spacial score (nSPS) is 21.3. The lowest BCUT2D eigenvalue weighted by atomic mass is 10.2. The number of amides is 2. The van der Waals surface area contributed by atoms with Gasteiger partial charge in [-0.25, -0.2) is 4.79 Å². The van der Waals surface area contributed by atoms with Crippen LogP contribution in [0.3, 0.4) is 0 Å². The van der Waals surface area contributed by atoms with Gasteiger partial charge in [0.1, 0.15) is 0 Å². The summed E-state index contributed by atoms with van der Waals surface area (Å²) in [7, 11) is 0. The number of nitrogens with zero attached hydrogens (tertiary/aromatic N) is 2. The lowest BCUT2D eigenvalue weighted by molar-refractivity contribution is 0.220. The van der Waals surface area contributed by atoms with Crippen molar-refractivity contribution in [1.82, 2.24) is 15.5 Å². The SMILES string of the molecule is O=C(NCC(c1cccs1)N1CCCC1)NC1CCN(c2ccccc2)C1. The van der Waals surface area contributed by atoms with Gasteiger partial charge in [-0.2, -0.15) is 0 Å². The van der Waals surface area contributed by atoms with Crippen molar-refractivity contribution in [3.05, 3.63) is 52.7 Å². The average molecular weight is 385 g/mol. The number of likely N-dealkylation sites (tertiary alicyclic amines) is 1. The van der Waals surface area contributed by atoms with Crippen LogP contribution < -0.4 is 15.5 Å². The van der Waals surface area contributed by atoms with E-state index in [1.54, 1.807) is 11.3 Å². The van der Waals surface area contributed by atoms with Crippen LogP contribution in [0.5, 0.6) is 0 Å². The van der Waals surface area contributed by atoms with E-state index < -0.39 is 0 Å². The Morgan fingerprint density at radius 2 is 1.93 bits per heavy atom. The molecule has 2 amide bonds. The third-order valence-electron chi connectivity index (χ3n) is 5.55. The van der Waals surface area contributed by atoms with E-state index in [4.69, 9.17) is 0 Å². The molecule has 0 radical (unpaired) electrons. The minimum absolute atomic E-state index is 0.0457. The fraction of sp³-hybridized carbons (Fsp3) is 0.476. The van der Waals surface area contributed by atoms with Gasteiger partial charge in [0.25, 0.3) is 0 Å². The highest BCUT2D eigenvalue weighted by molar-refractivity contribution is 7.10. The molecule has 3 heterocycles. The van der Waals surface area contributed by atoms with Crippen LogP contribution in [0.15, 0.2) is 47.8 Å². The van der Waals surface area contributed by atoms with Crippen molar-refractivity contribution in [2.45, 2.75) is 31.3 Å². The van der Waals surface area contributed by atoms with E-state index >= 15 is 0 Å². The second-order valence-corrected chi connectivity index (χ2v) is 8.38. The minimum atomic E-state index is -0.0457. The summed E-state index contributed by atoms with van der Waals surface area (Å²) in [5.41, 5.74) is 1.23. The van der Waals surface area contributed by atoms with Gasteiger partial charge in [-0.1, -0.05) is 24.3 Å². The van der Waals surface area contributed by atoms with Crippen LogP contribution in [0.2, 0.25) is 0 Å². The molecule has 4 rings (SSSR count). The summed E-state index contributed by atoms with van der Waals surface area (Å²) in [6.07, 6.45) is 3.50. The Morgan fingerprint density at radius 3 is 2.67 bits per heavy atom. The molecule has 0 saturated carbocycles. The number of rotatable bonds is 6. The van der Waals surface area contributed by atoms with Crippen LogP contribution in [-0.2, 0) is 0 Å². The van der Waals surface area contributed by atoms with Crippen molar-refractivity contribution in [3.63, 3.8) is 0 Å². The molecule has 0 aliphatic carbocycles. The molecule has 1 aromatic heterocycles. The summed E-state index contributed by atoms with van der Waals surface area (Å²) < 4.78 is 0. The largest absolute Gasteiger partial charge is 0.369 e. The third-order valence-corrected chi connectivity index (χ3v) is 6.53. The topological polar surface area (TPSA) is 47.6 Å². The summed E-state index contributed by atoms with van der Waals surface area (Å²) in [5, 5.41) is 8.41. The number of benzene rings is 1. The number of hydrogen-bond acceptors (Lipinski definition) is 4. The van der Waals surface area contributed by atoms with Crippen molar-refractivity contribution >= 4 is 23.1 Å². The van der Waals surface area contributed by atoms with Gasteiger partial charge in [-0.3, -0.25) is 4.90 Å². The Balaban J connectivity index is 1.27. The van der Waals surface area contributed by atoms with E-state index in [1.807, 2.05) is 6.07 Å². The maximum atomic E-state index is 12.5. The Kier molecular flexibility index (Phi) is 5.94. The number of urea groups is 1. The Morgan fingerprint density at radius 1 is 1.11 bits per heavy atom. The molecule has 27 heavy (non-hydrogen) atoms. The summed E-state index contributed by atoms with van der Waals surface area (Å²) in [6.45, 7) is 4.78. The first kappa shape index (κ1) is 18.3. The van der Waals surface area contributed by atoms with Crippen molar-refractivity contribution < 1.29 is 4.79 Å². The molecule has 6 heteroatoms. The molecule has 5 nitrogen and oxygen atoms in total. The lowest BCUT2D eigenvalue weighted by Crippen LogP contribution is -2.46. The lowest BCUT2D eigenvalue weighted by Gasteiger charge is -2.27. The average Bonchev–Trinajstić information content (AvgIpc) is 3.46. The molecule has 0 spiro atoms. The Bertz CT molecular complexity index is 715. The highest BCUT2D eigenvalue weighted by Crippen LogP contribution is 2.27. The van der Waals surface area contributed by atoms with Crippen molar-refractivity contribution in [3.8, 4) is 0 Å². The number of anilines is 1. The molecule has 2 saturated heterocycles. The van der Waals surface area contributed by atoms with Crippen LogP contribution in [0.4, 0.5) is 10.5 Å². The highest BCUT2D eigenvalue weighted by Gasteiger charge is 2.26. The van der Waals surface area contributed by atoms with Gasteiger partial charge in [-0.05, 0) is 55.9 Å². The molecule has 2 atom stereocenters. The van der Waals surface area contributed by atoms with Gasteiger partial charge in [0, 0.05) is 36.2 Å². The standard InChI is InChI=1S/C21H28N4OS/c26-21(23-17-10-13-25(16-17)18-7-2-1-3-8-18)22-15-19(20-9-6-14-27-20)24-11-4-5-12-24/h1-3,6-9,14,17,19H,4-5,10-13,15-16H2,(H2,22,23,26). The van der Waals surface area contributed by atoms with Crippen molar-refractivity contribution in [2.24, 2.45) is 0 Å².